The fraction of sp³-hybridized carbons (Fsp3) is 0.222. The van der Waals surface area contributed by atoms with Gasteiger partial charge in [0.15, 0.2) is 21.0 Å². The molecular formula is C27H28N6O5S. The summed E-state index contributed by atoms with van der Waals surface area (Å²) < 4.78 is 36.6. The summed E-state index contributed by atoms with van der Waals surface area (Å²) in [5, 5.41) is 5.20. The lowest BCUT2D eigenvalue weighted by molar-refractivity contribution is -0.138. The zero-order chi connectivity index (χ0) is 28.0. The molecule has 0 bridgehead atoms. The molecule has 2 aromatic heterocycles. The van der Waals surface area contributed by atoms with Gasteiger partial charge in [-0.1, -0.05) is 42.5 Å². The van der Waals surface area contributed by atoms with Crippen molar-refractivity contribution in [2.75, 3.05) is 17.9 Å². The minimum absolute atomic E-state index is 0.104. The molecule has 2 aromatic carbocycles. The van der Waals surface area contributed by atoms with Gasteiger partial charge in [0, 0.05) is 25.7 Å². The van der Waals surface area contributed by atoms with Gasteiger partial charge in [-0.15, -0.1) is 0 Å². The average molecular weight is 549 g/mol. The number of hydrazone groups is 1. The average Bonchev–Trinajstić information content (AvgIpc) is 3.33. The molecule has 11 nitrogen and oxygen atoms in total. The molecule has 0 radical (unpaired) electrons. The van der Waals surface area contributed by atoms with Crippen LogP contribution in [0.1, 0.15) is 25.0 Å². The molecule has 0 unspecified atom stereocenters. The number of carbonyl (C=O) groups excluding carboxylic acids is 1. The van der Waals surface area contributed by atoms with E-state index in [1.807, 2.05) is 34.9 Å². The lowest BCUT2D eigenvalue weighted by Crippen LogP contribution is -2.16. The number of fused-ring (bicyclic) bond motifs is 1. The molecule has 4 aromatic rings. The second kappa shape index (κ2) is 11.9. The first-order valence-electron chi connectivity index (χ1n) is 12.0. The van der Waals surface area contributed by atoms with Crippen LogP contribution in [-0.4, -0.2) is 53.5 Å². The fourth-order valence-electron chi connectivity index (χ4n) is 3.67. The lowest BCUT2D eigenvalue weighted by atomic mass is 10.2. The molecule has 12 heteroatoms. The van der Waals surface area contributed by atoms with Crippen molar-refractivity contribution in [2.24, 2.45) is 5.10 Å². The summed E-state index contributed by atoms with van der Waals surface area (Å²) in [7, 11) is -3.30. The first kappa shape index (κ1) is 27.5. The van der Waals surface area contributed by atoms with Gasteiger partial charge in [0.2, 0.25) is 5.88 Å². The molecule has 4 rings (SSSR count). The highest BCUT2D eigenvalue weighted by atomic mass is 32.2. The molecular weight excluding hydrogens is 520 g/mol. The van der Waals surface area contributed by atoms with Crippen molar-refractivity contribution >= 4 is 39.6 Å². The molecule has 0 saturated heterocycles. The normalized spacial score (nSPS) is 11.8. The molecule has 0 atom stereocenters. The Balaban J connectivity index is 1.74. The quantitative estimate of drug-likeness (QED) is 0.119. The van der Waals surface area contributed by atoms with Crippen molar-refractivity contribution in [3.05, 3.63) is 83.8 Å². The van der Waals surface area contributed by atoms with E-state index in [1.54, 1.807) is 44.4 Å². The van der Waals surface area contributed by atoms with E-state index in [1.165, 1.54) is 17.5 Å². The Kier molecular flexibility index (Phi) is 8.35. The highest BCUT2D eigenvalue weighted by Crippen LogP contribution is 2.27. The molecule has 2 heterocycles. The summed E-state index contributed by atoms with van der Waals surface area (Å²) >= 11 is 0. The minimum Gasteiger partial charge on any atom is -0.471 e. The molecule has 0 aliphatic carbocycles. The van der Waals surface area contributed by atoms with Crippen molar-refractivity contribution < 1.29 is 22.7 Å². The Morgan fingerprint density at radius 2 is 1.82 bits per heavy atom. The number of benzene rings is 2. The molecule has 0 aliphatic rings. The van der Waals surface area contributed by atoms with Crippen LogP contribution in [0.3, 0.4) is 0 Å². The van der Waals surface area contributed by atoms with Crippen LogP contribution in [0.4, 0.5) is 5.95 Å². The third kappa shape index (κ3) is 6.65. The minimum atomic E-state index is -3.30. The van der Waals surface area contributed by atoms with Gasteiger partial charge >= 0.3 is 5.97 Å². The van der Waals surface area contributed by atoms with Gasteiger partial charge in [0.1, 0.15) is 6.61 Å². The van der Waals surface area contributed by atoms with Gasteiger partial charge in [-0.25, -0.2) is 23.2 Å². The third-order valence-corrected chi connectivity index (χ3v) is 6.75. The van der Waals surface area contributed by atoms with E-state index in [-0.39, 0.29) is 35.5 Å². The second-order valence-corrected chi connectivity index (χ2v) is 10.6. The number of hydrogen-bond donors (Lipinski definition) is 0. The molecule has 0 spiro atoms. The lowest BCUT2D eigenvalue weighted by Gasteiger charge is -2.15. The standard InChI is InChI=1S/C27H28N6O5S/c1-5-37-26(34)19(2)15-33(28-3)27-30-24-23(25(31-27)38-17-21-9-7-6-8-10-21)32(18-29-24)16-20-11-13-22(14-12-20)39(4,35)36/h6-15,18H,3,5,16-17H2,1-2,4H3/b19-15+. The van der Waals surface area contributed by atoms with E-state index in [0.717, 1.165) is 11.1 Å². The first-order chi connectivity index (χ1) is 18.7. The summed E-state index contributed by atoms with van der Waals surface area (Å²) in [6.07, 6.45) is 4.20. The number of nitrogens with zero attached hydrogens (tertiary/aromatic N) is 6. The monoisotopic (exact) mass is 548 g/mol. The Morgan fingerprint density at radius 1 is 1.10 bits per heavy atom. The Morgan fingerprint density at radius 3 is 2.46 bits per heavy atom. The zero-order valence-electron chi connectivity index (χ0n) is 21.8. The third-order valence-electron chi connectivity index (χ3n) is 5.62. The van der Waals surface area contributed by atoms with Crippen molar-refractivity contribution in [3.63, 3.8) is 0 Å². The predicted molar refractivity (Wildman–Crippen MR) is 147 cm³/mol. The maximum absolute atomic E-state index is 12.1. The highest BCUT2D eigenvalue weighted by molar-refractivity contribution is 7.90. The Hall–Kier alpha value is -4.58. The van der Waals surface area contributed by atoms with E-state index in [2.05, 4.69) is 26.8 Å². The summed E-state index contributed by atoms with van der Waals surface area (Å²) in [5.74, 6) is -0.147. The Labute approximate surface area is 226 Å². The van der Waals surface area contributed by atoms with Crippen LogP contribution in [0.15, 0.2) is 82.7 Å². The van der Waals surface area contributed by atoms with Crippen LogP contribution in [-0.2, 0) is 32.5 Å². The fourth-order valence-corrected chi connectivity index (χ4v) is 4.30. The predicted octanol–water partition coefficient (Wildman–Crippen LogP) is 3.75. The largest absolute Gasteiger partial charge is 0.471 e. The van der Waals surface area contributed by atoms with Crippen LogP contribution in [0.5, 0.6) is 5.88 Å². The number of ether oxygens (including phenoxy) is 2. The summed E-state index contributed by atoms with van der Waals surface area (Å²) in [6.45, 7) is 7.73. The first-order valence-corrected chi connectivity index (χ1v) is 13.9. The molecule has 202 valence electrons. The summed E-state index contributed by atoms with van der Waals surface area (Å²) in [6, 6.07) is 16.2. The van der Waals surface area contributed by atoms with Crippen LogP contribution in [0, 0.1) is 0 Å². The zero-order valence-corrected chi connectivity index (χ0v) is 22.6. The van der Waals surface area contributed by atoms with E-state index in [4.69, 9.17) is 9.47 Å². The van der Waals surface area contributed by atoms with Crippen molar-refractivity contribution in [1.82, 2.24) is 19.5 Å². The van der Waals surface area contributed by atoms with E-state index >= 15 is 0 Å². The molecule has 0 aliphatic heterocycles. The number of carbonyl (C=O) groups is 1. The smallest absolute Gasteiger partial charge is 0.335 e. The second-order valence-electron chi connectivity index (χ2n) is 8.58. The van der Waals surface area contributed by atoms with Gasteiger partial charge in [-0.3, -0.25) is 0 Å². The van der Waals surface area contributed by atoms with Crippen LogP contribution >= 0.6 is 0 Å². The Bertz CT molecular complexity index is 1620. The molecule has 0 fully saturated rings. The topological polar surface area (TPSA) is 129 Å². The maximum atomic E-state index is 12.1. The number of esters is 1. The van der Waals surface area contributed by atoms with Gasteiger partial charge in [-0.2, -0.15) is 15.1 Å². The number of imidazole rings is 1. The number of aromatic nitrogens is 4. The number of rotatable bonds is 11. The van der Waals surface area contributed by atoms with Crippen molar-refractivity contribution in [2.45, 2.75) is 31.9 Å². The summed E-state index contributed by atoms with van der Waals surface area (Å²) in [5.41, 5.74) is 2.94. The SMILES string of the molecule is C=NN(/C=C(\C)C(=O)OCC)c1nc(OCc2ccccc2)c2c(ncn2Cc2ccc(S(C)(=O)=O)cc2)n1. The molecule has 39 heavy (non-hydrogen) atoms. The van der Waals surface area contributed by atoms with E-state index < -0.39 is 15.8 Å². The van der Waals surface area contributed by atoms with Gasteiger partial charge in [0.25, 0.3) is 5.95 Å². The maximum Gasteiger partial charge on any atom is 0.335 e. The van der Waals surface area contributed by atoms with E-state index in [0.29, 0.717) is 17.7 Å². The molecule has 0 N–H and O–H groups in total. The van der Waals surface area contributed by atoms with Crippen LogP contribution in [0.25, 0.3) is 11.2 Å². The van der Waals surface area contributed by atoms with Crippen LogP contribution < -0.4 is 9.75 Å². The molecule has 0 saturated carbocycles. The van der Waals surface area contributed by atoms with Gasteiger partial charge in [-0.05, 0) is 37.1 Å². The van der Waals surface area contributed by atoms with Gasteiger partial charge < -0.3 is 14.0 Å². The number of hydrogen-bond acceptors (Lipinski definition) is 10. The van der Waals surface area contributed by atoms with Crippen molar-refractivity contribution in [1.29, 1.82) is 0 Å². The summed E-state index contributed by atoms with van der Waals surface area (Å²) in [4.78, 5) is 25.9. The molecule has 0 amide bonds. The van der Waals surface area contributed by atoms with Crippen LogP contribution in [0.2, 0.25) is 0 Å². The number of sulfone groups is 1. The number of anilines is 1. The van der Waals surface area contributed by atoms with E-state index in [9.17, 15) is 13.2 Å². The van der Waals surface area contributed by atoms with Gasteiger partial charge in [0.05, 0.1) is 23.4 Å². The highest BCUT2D eigenvalue weighted by Gasteiger charge is 2.19. The van der Waals surface area contributed by atoms with Crippen molar-refractivity contribution in [3.8, 4) is 5.88 Å².